The van der Waals surface area contributed by atoms with Crippen molar-refractivity contribution in [3.8, 4) is 0 Å². The molecule has 11 heavy (non-hydrogen) atoms. The first-order valence-corrected chi connectivity index (χ1v) is 3.67. The van der Waals surface area contributed by atoms with Crippen LogP contribution in [0.5, 0.6) is 0 Å². The van der Waals surface area contributed by atoms with Gasteiger partial charge in [0, 0.05) is 5.57 Å². The number of carbonyl (C=O) groups excluding carboxylic acids is 1. The second kappa shape index (κ2) is 5.71. The quantitative estimate of drug-likeness (QED) is 0.352. The smallest absolute Gasteiger partial charge is 0.333 e. The summed E-state index contributed by atoms with van der Waals surface area (Å²) in [4.78, 5) is 11.0. The number of hydrogen-bond donors (Lipinski definition) is 0. The van der Waals surface area contributed by atoms with Crippen LogP contribution in [0.25, 0.3) is 0 Å². The van der Waals surface area contributed by atoms with Gasteiger partial charge in [0.15, 0.2) is 0 Å². The van der Waals surface area contributed by atoms with E-state index in [0.717, 1.165) is 6.42 Å². The Morgan fingerprint density at radius 3 is 2.73 bits per heavy atom. The molecule has 0 N–H and O–H groups in total. The molecular formula is C9H14O2. The van der Waals surface area contributed by atoms with Crippen LogP contribution in [0.3, 0.4) is 0 Å². The molecule has 2 nitrogen and oxygen atoms in total. The Morgan fingerprint density at radius 2 is 2.27 bits per heavy atom. The lowest BCUT2D eigenvalue weighted by molar-refractivity contribution is -0.137. The summed E-state index contributed by atoms with van der Waals surface area (Å²) < 4.78 is 4.78. The van der Waals surface area contributed by atoms with E-state index in [0.29, 0.717) is 5.57 Å². The number of hydrogen-bond acceptors (Lipinski definition) is 2. The first kappa shape index (κ1) is 9.95. The van der Waals surface area contributed by atoms with E-state index in [1.165, 1.54) is 0 Å². The van der Waals surface area contributed by atoms with Crippen molar-refractivity contribution < 1.29 is 9.53 Å². The molecule has 0 unspecified atom stereocenters. The van der Waals surface area contributed by atoms with Gasteiger partial charge in [-0.25, -0.2) is 4.79 Å². The van der Waals surface area contributed by atoms with Gasteiger partial charge >= 0.3 is 5.97 Å². The van der Waals surface area contributed by atoms with Gasteiger partial charge in [0.2, 0.25) is 0 Å². The minimum atomic E-state index is -0.258. The molecule has 0 aromatic carbocycles. The molecular weight excluding hydrogens is 140 g/mol. The average molecular weight is 154 g/mol. The van der Waals surface area contributed by atoms with Gasteiger partial charge in [-0.15, -0.1) is 0 Å². The summed E-state index contributed by atoms with van der Waals surface area (Å²) in [6, 6.07) is 0. The fourth-order valence-electron chi connectivity index (χ4n) is 0.638. The van der Waals surface area contributed by atoms with Gasteiger partial charge in [-0.1, -0.05) is 25.7 Å². The maximum absolute atomic E-state index is 11.0. The maximum atomic E-state index is 11.0. The molecule has 0 bridgehead atoms. The molecule has 0 amide bonds. The zero-order chi connectivity index (χ0) is 8.69. The maximum Gasteiger partial charge on any atom is 0.333 e. The number of esters is 1. The summed E-state index contributed by atoms with van der Waals surface area (Å²) in [7, 11) is 0. The normalized spacial score (nSPS) is 10.9. The number of allylic oxidation sites excluding steroid dienone is 1. The van der Waals surface area contributed by atoms with E-state index in [9.17, 15) is 4.79 Å². The van der Waals surface area contributed by atoms with Gasteiger partial charge in [0.05, 0.1) is 0 Å². The third-order valence-corrected chi connectivity index (χ3v) is 1.16. The third kappa shape index (κ3) is 4.37. The second-order valence-electron chi connectivity index (χ2n) is 2.18. The molecule has 0 rings (SSSR count). The lowest BCUT2D eigenvalue weighted by Crippen LogP contribution is -2.05. The van der Waals surface area contributed by atoms with Crippen molar-refractivity contribution in [2.75, 3.05) is 6.61 Å². The highest BCUT2D eigenvalue weighted by Gasteiger charge is 2.01. The van der Waals surface area contributed by atoms with Crippen molar-refractivity contribution in [2.45, 2.75) is 20.3 Å². The van der Waals surface area contributed by atoms with Crippen molar-refractivity contribution in [1.82, 2.24) is 0 Å². The molecule has 2 heteroatoms. The van der Waals surface area contributed by atoms with Crippen LogP contribution in [-0.2, 0) is 9.53 Å². The van der Waals surface area contributed by atoms with Crippen LogP contribution in [-0.4, -0.2) is 12.6 Å². The van der Waals surface area contributed by atoms with Gasteiger partial charge < -0.3 is 4.74 Å². The predicted molar refractivity (Wildman–Crippen MR) is 45.2 cm³/mol. The second-order valence-corrected chi connectivity index (χ2v) is 2.18. The summed E-state index contributed by atoms with van der Waals surface area (Å²) >= 11 is 0. The van der Waals surface area contributed by atoms with E-state index >= 15 is 0 Å². The summed E-state index contributed by atoms with van der Waals surface area (Å²) in [6.07, 6.45) is 4.25. The van der Waals surface area contributed by atoms with E-state index in [1.54, 1.807) is 13.0 Å². The molecule has 0 saturated heterocycles. The lowest BCUT2D eigenvalue weighted by atomic mass is 10.2. The van der Waals surface area contributed by atoms with Crippen molar-refractivity contribution in [2.24, 2.45) is 0 Å². The fourth-order valence-corrected chi connectivity index (χ4v) is 0.638. The van der Waals surface area contributed by atoms with Gasteiger partial charge in [-0.05, 0) is 13.3 Å². The summed E-state index contributed by atoms with van der Waals surface area (Å²) in [5.74, 6) is -0.258. The van der Waals surface area contributed by atoms with Crippen LogP contribution < -0.4 is 0 Å². The van der Waals surface area contributed by atoms with Gasteiger partial charge in [-0.2, -0.15) is 0 Å². The molecule has 0 atom stereocenters. The molecule has 0 aromatic heterocycles. The first-order chi connectivity index (χ1) is 5.22. The van der Waals surface area contributed by atoms with Crippen molar-refractivity contribution >= 4 is 5.97 Å². The molecule has 0 heterocycles. The van der Waals surface area contributed by atoms with Gasteiger partial charge in [0.25, 0.3) is 0 Å². The van der Waals surface area contributed by atoms with Crippen LogP contribution >= 0.6 is 0 Å². The lowest BCUT2D eigenvalue weighted by Gasteiger charge is -1.99. The van der Waals surface area contributed by atoms with Crippen LogP contribution in [0.1, 0.15) is 20.3 Å². The van der Waals surface area contributed by atoms with E-state index in [2.05, 4.69) is 6.58 Å². The van der Waals surface area contributed by atoms with E-state index in [-0.39, 0.29) is 12.6 Å². The van der Waals surface area contributed by atoms with Crippen molar-refractivity contribution in [3.05, 3.63) is 24.3 Å². The third-order valence-electron chi connectivity index (χ3n) is 1.16. The molecule has 0 aliphatic rings. The van der Waals surface area contributed by atoms with E-state index < -0.39 is 0 Å². The largest absolute Gasteiger partial charge is 0.458 e. The van der Waals surface area contributed by atoms with E-state index in [1.807, 2.05) is 13.0 Å². The summed E-state index contributed by atoms with van der Waals surface area (Å²) in [6.45, 7) is 7.45. The standard InChI is InChI=1S/C9H14O2/c1-4-6-8(3)9(10)11-7-5-2/h5-6H,2,4,7H2,1,3H3. The monoisotopic (exact) mass is 154 g/mol. The number of rotatable bonds is 4. The minimum absolute atomic E-state index is 0.258. The predicted octanol–water partition coefficient (Wildman–Crippen LogP) is 2.07. The van der Waals surface area contributed by atoms with Crippen LogP contribution in [0.15, 0.2) is 24.3 Å². The average Bonchev–Trinajstić information content (AvgIpc) is 2.00. The van der Waals surface area contributed by atoms with Crippen molar-refractivity contribution in [3.63, 3.8) is 0 Å². The summed E-state index contributed by atoms with van der Waals surface area (Å²) in [5.41, 5.74) is 0.661. The molecule has 0 spiro atoms. The zero-order valence-electron chi connectivity index (χ0n) is 7.09. The van der Waals surface area contributed by atoms with Crippen LogP contribution in [0, 0.1) is 0 Å². The Kier molecular flexibility index (Phi) is 5.17. The molecule has 62 valence electrons. The highest BCUT2D eigenvalue weighted by atomic mass is 16.5. The Balaban J connectivity index is 3.82. The highest BCUT2D eigenvalue weighted by molar-refractivity contribution is 5.87. The SMILES string of the molecule is C=CCOC(=O)C(C)=CCC. The molecule has 0 aliphatic heterocycles. The Hall–Kier alpha value is -1.05. The highest BCUT2D eigenvalue weighted by Crippen LogP contribution is 1.97. The first-order valence-electron chi connectivity index (χ1n) is 3.67. The molecule has 0 aliphatic carbocycles. The minimum Gasteiger partial charge on any atom is -0.458 e. The number of carbonyl (C=O) groups is 1. The molecule has 0 fully saturated rings. The van der Waals surface area contributed by atoms with E-state index in [4.69, 9.17) is 4.74 Å². The number of ether oxygens (including phenoxy) is 1. The Bertz CT molecular complexity index is 168. The Labute approximate surface area is 67.6 Å². The topological polar surface area (TPSA) is 26.3 Å². The van der Waals surface area contributed by atoms with Gasteiger partial charge in [0.1, 0.15) is 6.61 Å². The molecule has 0 radical (unpaired) electrons. The molecule has 0 aromatic rings. The van der Waals surface area contributed by atoms with Gasteiger partial charge in [-0.3, -0.25) is 0 Å². The zero-order valence-corrected chi connectivity index (χ0v) is 7.09. The Morgan fingerprint density at radius 1 is 1.64 bits per heavy atom. The fraction of sp³-hybridized carbons (Fsp3) is 0.444. The van der Waals surface area contributed by atoms with Crippen LogP contribution in [0.2, 0.25) is 0 Å². The summed E-state index contributed by atoms with van der Waals surface area (Å²) in [5, 5.41) is 0. The van der Waals surface area contributed by atoms with Crippen molar-refractivity contribution in [1.29, 1.82) is 0 Å². The molecule has 0 saturated carbocycles. The van der Waals surface area contributed by atoms with Crippen LogP contribution in [0.4, 0.5) is 0 Å².